The summed E-state index contributed by atoms with van der Waals surface area (Å²) in [5.41, 5.74) is 7.70. The predicted molar refractivity (Wildman–Crippen MR) is 62.3 cm³/mol. The minimum Gasteiger partial charge on any atom is -0.358 e. The fraction of sp³-hybridized carbons (Fsp3) is 0.182. The van der Waals surface area contributed by atoms with Crippen molar-refractivity contribution in [1.82, 2.24) is 9.55 Å². The van der Waals surface area contributed by atoms with Crippen LogP contribution in [-0.4, -0.2) is 14.5 Å². The van der Waals surface area contributed by atoms with E-state index in [1.54, 1.807) is 4.57 Å². The molecule has 0 bridgehead atoms. The van der Waals surface area contributed by atoms with Crippen LogP contribution in [0.2, 0.25) is 0 Å². The van der Waals surface area contributed by atoms with E-state index >= 15 is 0 Å². The Balaban J connectivity index is 2.22. The van der Waals surface area contributed by atoms with Crippen LogP contribution in [0.1, 0.15) is 11.1 Å². The van der Waals surface area contributed by atoms with E-state index in [1.165, 1.54) is 12.5 Å². The first-order valence-corrected chi connectivity index (χ1v) is 5.13. The van der Waals surface area contributed by atoms with Crippen LogP contribution in [0.3, 0.4) is 0 Å². The number of imidazole rings is 1. The fourth-order valence-corrected chi connectivity index (χ4v) is 1.64. The third kappa shape index (κ3) is 2.48. The number of hydrogen-bond acceptors (Lipinski definition) is 4. The van der Waals surface area contributed by atoms with E-state index in [1.807, 2.05) is 24.3 Å². The predicted octanol–water partition coefficient (Wildman–Crippen LogP) is 1.30. The molecule has 6 nitrogen and oxygen atoms in total. The first-order valence-electron chi connectivity index (χ1n) is 5.13. The molecule has 0 atom stereocenters. The largest absolute Gasteiger partial charge is 0.381 e. The second-order valence-corrected chi connectivity index (χ2v) is 3.63. The third-order valence-corrected chi connectivity index (χ3v) is 2.50. The topological polar surface area (TPSA) is 87.0 Å². The van der Waals surface area contributed by atoms with Crippen molar-refractivity contribution in [2.45, 2.75) is 13.1 Å². The highest BCUT2D eigenvalue weighted by molar-refractivity contribution is 5.27. The molecular formula is C11H12N4O2. The highest BCUT2D eigenvalue weighted by atomic mass is 16.6. The van der Waals surface area contributed by atoms with Gasteiger partial charge in [0.05, 0.1) is 6.54 Å². The summed E-state index contributed by atoms with van der Waals surface area (Å²) in [6, 6.07) is 7.73. The SMILES string of the molecule is NCc1ccccc1Cn1cnc([N+](=O)[O-])c1. The van der Waals surface area contributed by atoms with Gasteiger partial charge in [0.15, 0.2) is 0 Å². The normalized spacial score (nSPS) is 10.4. The molecule has 2 aromatic rings. The van der Waals surface area contributed by atoms with Gasteiger partial charge in [0.2, 0.25) is 6.33 Å². The lowest BCUT2D eigenvalue weighted by molar-refractivity contribution is -0.389. The number of nitrogens with zero attached hydrogens (tertiary/aromatic N) is 3. The summed E-state index contributed by atoms with van der Waals surface area (Å²) < 4.78 is 1.67. The molecule has 0 spiro atoms. The van der Waals surface area contributed by atoms with Crippen molar-refractivity contribution in [3.63, 3.8) is 0 Å². The maximum absolute atomic E-state index is 10.5. The summed E-state index contributed by atoms with van der Waals surface area (Å²) in [5.74, 6) is -0.143. The number of nitro groups is 1. The summed E-state index contributed by atoms with van der Waals surface area (Å²) in [7, 11) is 0. The molecule has 2 N–H and O–H groups in total. The van der Waals surface area contributed by atoms with Crippen molar-refractivity contribution >= 4 is 5.82 Å². The van der Waals surface area contributed by atoms with Crippen LogP contribution >= 0.6 is 0 Å². The summed E-state index contributed by atoms with van der Waals surface area (Å²) in [6.07, 6.45) is 2.86. The van der Waals surface area contributed by atoms with Gasteiger partial charge < -0.3 is 20.4 Å². The third-order valence-electron chi connectivity index (χ3n) is 2.50. The van der Waals surface area contributed by atoms with Gasteiger partial charge in [-0.1, -0.05) is 24.3 Å². The molecule has 0 saturated carbocycles. The minimum absolute atomic E-state index is 0.143. The molecule has 0 aliphatic rings. The standard InChI is InChI=1S/C11H12N4O2/c12-5-9-3-1-2-4-10(9)6-14-7-11(13-8-14)15(16)17/h1-4,7-8H,5-6,12H2. The second-order valence-electron chi connectivity index (χ2n) is 3.63. The molecule has 0 amide bonds. The molecule has 1 aromatic heterocycles. The highest BCUT2D eigenvalue weighted by Gasteiger charge is 2.10. The summed E-state index contributed by atoms with van der Waals surface area (Å²) in [6.45, 7) is 0.987. The monoisotopic (exact) mass is 232 g/mol. The van der Waals surface area contributed by atoms with Crippen molar-refractivity contribution in [3.05, 3.63) is 58.0 Å². The molecule has 0 radical (unpaired) electrons. The lowest BCUT2D eigenvalue weighted by Crippen LogP contribution is -2.04. The van der Waals surface area contributed by atoms with Crippen molar-refractivity contribution in [2.24, 2.45) is 5.73 Å². The van der Waals surface area contributed by atoms with Crippen LogP contribution in [0.4, 0.5) is 5.82 Å². The number of aromatic nitrogens is 2. The van der Waals surface area contributed by atoms with E-state index in [0.29, 0.717) is 13.1 Å². The van der Waals surface area contributed by atoms with E-state index in [4.69, 9.17) is 5.73 Å². The van der Waals surface area contributed by atoms with Gasteiger partial charge in [0.25, 0.3) is 0 Å². The van der Waals surface area contributed by atoms with Crippen LogP contribution in [0, 0.1) is 10.1 Å². The van der Waals surface area contributed by atoms with Gasteiger partial charge in [-0.05, 0) is 21.0 Å². The Bertz CT molecular complexity index is 536. The van der Waals surface area contributed by atoms with Gasteiger partial charge in [-0.2, -0.15) is 0 Å². The zero-order valence-corrected chi connectivity index (χ0v) is 9.11. The van der Waals surface area contributed by atoms with Gasteiger partial charge in [-0.25, -0.2) is 0 Å². The van der Waals surface area contributed by atoms with Gasteiger partial charge in [0.1, 0.15) is 6.20 Å². The number of hydrogen-bond donors (Lipinski definition) is 1. The van der Waals surface area contributed by atoms with Crippen LogP contribution in [-0.2, 0) is 13.1 Å². The van der Waals surface area contributed by atoms with E-state index < -0.39 is 4.92 Å². The average Bonchev–Trinajstić information content (AvgIpc) is 2.78. The smallest absolute Gasteiger partial charge is 0.358 e. The molecule has 1 aromatic carbocycles. The van der Waals surface area contributed by atoms with Crippen molar-refractivity contribution in [1.29, 1.82) is 0 Å². The first kappa shape index (κ1) is 11.3. The Morgan fingerprint density at radius 3 is 2.65 bits per heavy atom. The Morgan fingerprint density at radius 1 is 1.35 bits per heavy atom. The van der Waals surface area contributed by atoms with Crippen LogP contribution in [0.15, 0.2) is 36.8 Å². The number of nitrogens with two attached hydrogens (primary N) is 1. The molecular weight excluding hydrogens is 220 g/mol. The fourth-order valence-electron chi connectivity index (χ4n) is 1.64. The average molecular weight is 232 g/mol. The Hall–Kier alpha value is -2.21. The minimum atomic E-state index is -0.509. The zero-order valence-electron chi connectivity index (χ0n) is 9.11. The van der Waals surface area contributed by atoms with Crippen molar-refractivity contribution in [3.8, 4) is 0 Å². The maximum Gasteiger partial charge on any atom is 0.381 e. The van der Waals surface area contributed by atoms with Crippen LogP contribution in [0.5, 0.6) is 0 Å². The van der Waals surface area contributed by atoms with E-state index in [9.17, 15) is 10.1 Å². The Kier molecular flexibility index (Phi) is 3.15. The van der Waals surface area contributed by atoms with E-state index in [2.05, 4.69) is 4.98 Å². The molecule has 0 unspecified atom stereocenters. The quantitative estimate of drug-likeness (QED) is 0.635. The first-order chi connectivity index (χ1) is 8.20. The summed E-state index contributed by atoms with van der Waals surface area (Å²) >= 11 is 0. The second kappa shape index (κ2) is 4.75. The van der Waals surface area contributed by atoms with E-state index in [0.717, 1.165) is 11.1 Å². The van der Waals surface area contributed by atoms with Gasteiger partial charge in [-0.3, -0.25) is 0 Å². The Morgan fingerprint density at radius 2 is 2.06 bits per heavy atom. The molecule has 0 aliphatic carbocycles. The van der Waals surface area contributed by atoms with Crippen molar-refractivity contribution < 1.29 is 4.92 Å². The Labute approximate surface area is 97.9 Å². The van der Waals surface area contributed by atoms with E-state index in [-0.39, 0.29) is 5.82 Å². The zero-order chi connectivity index (χ0) is 12.3. The van der Waals surface area contributed by atoms with Gasteiger partial charge in [0, 0.05) is 6.54 Å². The van der Waals surface area contributed by atoms with Crippen LogP contribution in [0.25, 0.3) is 0 Å². The maximum atomic E-state index is 10.5. The molecule has 2 rings (SSSR count). The molecule has 0 fully saturated rings. The van der Waals surface area contributed by atoms with Gasteiger partial charge >= 0.3 is 5.82 Å². The number of benzene rings is 1. The molecule has 0 saturated heterocycles. The highest BCUT2D eigenvalue weighted by Crippen LogP contribution is 2.12. The summed E-state index contributed by atoms with van der Waals surface area (Å²) in [5, 5.41) is 10.5. The molecule has 88 valence electrons. The summed E-state index contributed by atoms with van der Waals surface area (Å²) in [4.78, 5) is 13.7. The lowest BCUT2D eigenvalue weighted by Gasteiger charge is -2.06. The molecule has 6 heteroatoms. The number of rotatable bonds is 4. The molecule has 17 heavy (non-hydrogen) atoms. The van der Waals surface area contributed by atoms with Crippen LogP contribution < -0.4 is 5.73 Å². The lowest BCUT2D eigenvalue weighted by atomic mass is 10.1. The molecule has 1 heterocycles. The molecule has 0 aliphatic heterocycles. The van der Waals surface area contributed by atoms with Crippen molar-refractivity contribution in [2.75, 3.05) is 0 Å². The van der Waals surface area contributed by atoms with Gasteiger partial charge in [-0.15, -0.1) is 0 Å².